The number of hydrogen-bond acceptors (Lipinski definition) is 3. The number of nitrogens with two attached hydrogens (primary N) is 1. The molecule has 0 aliphatic heterocycles. The third kappa shape index (κ3) is 5.13. The molecule has 0 atom stereocenters. The zero-order valence-corrected chi connectivity index (χ0v) is 8.71. The lowest BCUT2D eigenvalue weighted by Gasteiger charge is -1.98. The van der Waals surface area contributed by atoms with Gasteiger partial charge in [0, 0.05) is 10.2 Å². The van der Waals surface area contributed by atoms with E-state index in [1.807, 2.05) is 13.8 Å². The molecule has 0 saturated heterocycles. The van der Waals surface area contributed by atoms with Gasteiger partial charge in [-0.15, -0.1) is 0 Å². The summed E-state index contributed by atoms with van der Waals surface area (Å²) in [6.07, 6.45) is 4.13. The molecule has 0 aromatic rings. The fourth-order valence-corrected chi connectivity index (χ4v) is 0.600. The second-order valence-electron chi connectivity index (χ2n) is 1.94. The number of carbonyl (C=O) groups is 1. The third-order valence-corrected chi connectivity index (χ3v) is 1.15. The maximum absolute atomic E-state index is 11.4. The molecule has 0 heterocycles. The summed E-state index contributed by atoms with van der Waals surface area (Å²) in [6.45, 7) is 9.00. The maximum Gasteiger partial charge on any atom is 0.381 e. The summed E-state index contributed by atoms with van der Waals surface area (Å²) in [5, 5.41) is 0. The molecule has 0 aliphatic rings. The Labute approximate surface area is 83.6 Å². The van der Waals surface area contributed by atoms with Gasteiger partial charge in [0.15, 0.2) is 0 Å². The van der Waals surface area contributed by atoms with Crippen LogP contribution in [0.3, 0.4) is 0 Å². The van der Waals surface area contributed by atoms with E-state index in [0.717, 1.165) is 0 Å². The molecular formula is C10H16FNO2. The van der Waals surface area contributed by atoms with Crippen molar-refractivity contribution in [2.75, 3.05) is 0 Å². The topological polar surface area (TPSA) is 52.3 Å². The van der Waals surface area contributed by atoms with Crippen LogP contribution in [0, 0.1) is 0 Å². The monoisotopic (exact) mass is 201 g/mol. The van der Waals surface area contributed by atoms with Crippen LogP contribution >= 0.6 is 0 Å². The minimum absolute atomic E-state index is 0.0463. The van der Waals surface area contributed by atoms with Crippen molar-refractivity contribution in [3.8, 4) is 0 Å². The van der Waals surface area contributed by atoms with Crippen LogP contribution in [0.25, 0.3) is 0 Å². The summed E-state index contributed by atoms with van der Waals surface area (Å²) in [5.41, 5.74) is 5.36. The van der Waals surface area contributed by atoms with Gasteiger partial charge in [0.25, 0.3) is 0 Å². The zero-order valence-electron chi connectivity index (χ0n) is 8.71. The highest BCUT2D eigenvalue weighted by Crippen LogP contribution is 2.05. The van der Waals surface area contributed by atoms with E-state index in [0.29, 0.717) is 0 Å². The van der Waals surface area contributed by atoms with Gasteiger partial charge in [-0.2, -0.15) is 0 Å². The molecule has 0 fully saturated rings. The van der Waals surface area contributed by atoms with Crippen LogP contribution in [0.15, 0.2) is 36.1 Å². The first-order chi connectivity index (χ1) is 6.67. The van der Waals surface area contributed by atoms with Gasteiger partial charge in [0.2, 0.25) is 0 Å². The average Bonchev–Trinajstić information content (AvgIpc) is 2.26. The quantitative estimate of drug-likeness (QED) is 0.563. The lowest BCUT2D eigenvalue weighted by atomic mass is 10.2. The van der Waals surface area contributed by atoms with E-state index in [1.54, 1.807) is 13.0 Å². The van der Waals surface area contributed by atoms with Crippen molar-refractivity contribution in [3.63, 3.8) is 0 Å². The molecule has 2 N–H and O–H groups in total. The fraction of sp³-hybridized carbons (Fsp3) is 0.300. The summed E-state index contributed by atoms with van der Waals surface area (Å²) in [6, 6.07) is 0. The Hall–Kier alpha value is -1.58. The van der Waals surface area contributed by atoms with Crippen molar-refractivity contribution in [2.45, 2.75) is 20.8 Å². The van der Waals surface area contributed by atoms with Crippen LogP contribution in [0.5, 0.6) is 0 Å². The zero-order chi connectivity index (χ0) is 11.6. The highest BCUT2D eigenvalue weighted by atomic mass is 19.3. The molecule has 4 heteroatoms. The first kappa shape index (κ1) is 14.9. The Kier molecular flexibility index (Phi) is 10.1. The number of allylic oxidation sites excluding steroid dienone is 2. The van der Waals surface area contributed by atoms with Crippen molar-refractivity contribution < 1.29 is 14.3 Å². The van der Waals surface area contributed by atoms with Crippen LogP contribution < -0.4 is 5.73 Å². The van der Waals surface area contributed by atoms with Gasteiger partial charge >= 0.3 is 5.97 Å². The number of carbonyl (C=O) groups excluding carboxylic acids is 1. The Morgan fingerprint density at radius 3 is 2.29 bits per heavy atom. The second-order valence-corrected chi connectivity index (χ2v) is 1.94. The highest BCUT2D eigenvalue weighted by molar-refractivity contribution is 5.92. The standard InChI is InChI=1S/C8H10FNO2.C2H6/c1-3-5-6(7(10)4-2)8(11)12-9;1-2/h3-5H,2,10H2,1H3;1-2H3/b5-3-,7-6-;. The summed E-state index contributed by atoms with van der Waals surface area (Å²) in [7, 11) is 0. The molecule has 0 rings (SSSR count). The molecule has 0 unspecified atom stereocenters. The molecule has 80 valence electrons. The summed E-state index contributed by atoms with van der Waals surface area (Å²) in [4.78, 5) is 13.7. The van der Waals surface area contributed by atoms with Crippen LogP contribution in [-0.4, -0.2) is 5.97 Å². The van der Waals surface area contributed by atoms with Crippen LogP contribution in [0.4, 0.5) is 4.53 Å². The van der Waals surface area contributed by atoms with Gasteiger partial charge in [-0.1, -0.05) is 26.5 Å². The largest absolute Gasteiger partial charge is 0.398 e. The van der Waals surface area contributed by atoms with Gasteiger partial charge in [-0.3, -0.25) is 0 Å². The Bertz CT molecular complexity index is 245. The summed E-state index contributed by atoms with van der Waals surface area (Å²) in [5.74, 6) is -1.12. The molecule has 0 radical (unpaired) electrons. The molecule has 0 bridgehead atoms. The third-order valence-electron chi connectivity index (χ3n) is 1.15. The highest BCUT2D eigenvalue weighted by Gasteiger charge is 2.10. The smallest absolute Gasteiger partial charge is 0.381 e. The van der Waals surface area contributed by atoms with Crippen molar-refractivity contribution in [1.29, 1.82) is 0 Å². The van der Waals surface area contributed by atoms with E-state index in [4.69, 9.17) is 5.73 Å². The fourth-order valence-electron chi connectivity index (χ4n) is 0.600. The SMILES string of the molecule is C=C/C(N)=C(\C=C/C)C(=O)OF.CC. The van der Waals surface area contributed by atoms with E-state index in [2.05, 4.69) is 11.5 Å². The minimum Gasteiger partial charge on any atom is -0.398 e. The van der Waals surface area contributed by atoms with Crippen molar-refractivity contribution >= 4 is 5.97 Å². The number of halogens is 1. The lowest BCUT2D eigenvalue weighted by Crippen LogP contribution is -2.08. The first-order valence-electron chi connectivity index (χ1n) is 4.25. The van der Waals surface area contributed by atoms with Gasteiger partial charge < -0.3 is 5.73 Å². The Morgan fingerprint density at radius 2 is 2.00 bits per heavy atom. The molecule has 0 amide bonds. The number of rotatable bonds is 3. The van der Waals surface area contributed by atoms with Gasteiger partial charge in [0.05, 0.1) is 5.57 Å². The molecule has 0 spiro atoms. The van der Waals surface area contributed by atoms with Crippen molar-refractivity contribution in [1.82, 2.24) is 0 Å². The molecule has 3 nitrogen and oxygen atoms in total. The molecular weight excluding hydrogens is 185 g/mol. The van der Waals surface area contributed by atoms with Crippen molar-refractivity contribution in [2.24, 2.45) is 5.73 Å². The molecule has 14 heavy (non-hydrogen) atoms. The molecule has 0 saturated carbocycles. The molecule has 0 aromatic carbocycles. The Morgan fingerprint density at radius 1 is 1.50 bits per heavy atom. The maximum atomic E-state index is 11.4. The van der Waals surface area contributed by atoms with E-state index in [1.165, 1.54) is 12.2 Å². The first-order valence-corrected chi connectivity index (χ1v) is 4.25. The van der Waals surface area contributed by atoms with Gasteiger partial charge in [0.1, 0.15) is 0 Å². The van der Waals surface area contributed by atoms with E-state index in [9.17, 15) is 9.32 Å². The van der Waals surface area contributed by atoms with Gasteiger partial charge in [-0.05, 0) is 19.1 Å². The predicted octanol–water partition coefficient (Wildman–Crippen LogP) is 2.42. The van der Waals surface area contributed by atoms with E-state index in [-0.39, 0.29) is 11.3 Å². The normalized spacial score (nSPS) is 11.1. The Balaban J connectivity index is 0. The van der Waals surface area contributed by atoms with E-state index >= 15 is 0 Å². The van der Waals surface area contributed by atoms with Crippen LogP contribution in [0.1, 0.15) is 20.8 Å². The molecule has 0 aromatic heterocycles. The van der Waals surface area contributed by atoms with Gasteiger partial charge in [-0.25, -0.2) is 9.74 Å². The summed E-state index contributed by atoms with van der Waals surface area (Å²) >= 11 is 0. The van der Waals surface area contributed by atoms with Crippen LogP contribution in [-0.2, 0) is 9.74 Å². The molecule has 0 aliphatic carbocycles. The summed E-state index contributed by atoms with van der Waals surface area (Å²) < 4.78 is 11.4. The predicted molar refractivity (Wildman–Crippen MR) is 54.8 cm³/mol. The number of hydrogen-bond donors (Lipinski definition) is 1. The van der Waals surface area contributed by atoms with E-state index < -0.39 is 5.97 Å². The lowest BCUT2D eigenvalue weighted by molar-refractivity contribution is -0.177. The second kappa shape index (κ2) is 9.51. The minimum atomic E-state index is -1.12. The average molecular weight is 201 g/mol. The van der Waals surface area contributed by atoms with Crippen molar-refractivity contribution in [3.05, 3.63) is 36.1 Å². The van der Waals surface area contributed by atoms with Crippen LogP contribution in [0.2, 0.25) is 0 Å².